The van der Waals surface area contributed by atoms with Crippen LogP contribution in [0.2, 0.25) is 0 Å². The maximum absolute atomic E-state index is 14.0. The van der Waals surface area contributed by atoms with E-state index in [-0.39, 0.29) is 5.82 Å². The van der Waals surface area contributed by atoms with Gasteiger partial charge in [-0.05, 0) is 44.2 Å². The second-order valence-electron chi connectivity index (χ2n) is 4.88. The standard InChI is InChI=1S/C17H22FN3/c1-3-10-19-13-14-12-15(9-11-20-14)21(4-2)17-8-6-5-7-16(17)18/h5-9,11-12,19H,3-4,10,13H2,1-2H3. The Morgan fingerprint density at radius 3 is 2.71 bits per heavy atom. The van der Waals surface area contributed by atoms with Gasteiger partial charge in [-0.1, -0.05) is 19.1 Å². The molecule has 4 heteroatoms. The van der Waals surface area contributed by atoms with Crippen molar-refractivity contribution in [2.45, 2.75) is 26.8 Å². The molecular weight excluding hydrogens is 265 g/mol. The first-order chi connectivity index (χ1) is 10.3. The van der Waals surface area contributed by atoms with Gasteiger partial charge in [-0.25, -0.2) is 4.39 Å². The maximum Gasteiger partial charge on any atom is 0.146 e. The van der Waals surface area contributed by atoms with Crippen molar-refractivity contribution in [3.8, 4) is 0 Å². The fraction of sp³-hybridized carbons (Fsp3) is 0.353. The Morgan fingerprint density at radius 2 is 2.00 bits per heavy atom. The SMILES string of the molecule is CCCNCc1cc(N(CC)c2ccccc2F)ccn1. The minimum absolute atomic E-state index is 0.207. The van der Waals surface area contributed by atoms with Crippen LogP contribution in [0.4, 0.5) is 15.8 Å². The number of para-hydroxylation sites is 1. The van der Waals surface area contributed by atoms with Crippen LogP contribution in [0.3, 0.4) is 0 Å². The second-order valence-corrected chi connectivity index (χ2v) is 4.88. The molecule has 1 aromatic carbocycles. The van der Waals surface area contributed by atoms with Gasteiger partial charge in [0.2, 0.25) is 0 Å². The molecule has 0 spiro atoms. The van der Waals surface area contributed by atoms with E-state index in [0.717, 1.165) is 30.9 Å². The van der Waals surface area contributed by atoms with E-state index < -0.39 is 0 Å². The highest BCUT2D eigenvalue weighted by Gasteiger charge is 2.12. The third-order valence-corrected chi connectivity index (χ3v) is 3.30. The summed E-state index contributed by atoms with van der Waals surface area (Å²) < 4.78 is 14.0. The van der Waals surface area contributed by atoms with Crippen LogP contribution in [0.5, 0.6) is 0 Å². The van der Waals surface area contributed by atoms with Crippen LogP contribution in [0, 0.1) is 5.82 Å². The van der Waals surface area contributed by atoms with Gasteiger partial charge >= 0.3 is 0 Å². The Labute approximate surface area is 125 Å². The summed E-state index contributed by atoms with van der Waals surface area (Å²) in [5, 5.41) is 3.33. The van der Waals surface area contributed by atoms with Gasteiger partial charge < -0.3 is 10.2 Å². The largest absolute Gasteiger partial charge is 0.339 e. The van der Waals surface area contributed by atoms with Crippen molar-refractivity contribution in [2.24, 2.45) is 0 Å². The summed E-state index contributed by atoms with van der Waals surface area (Å²) >= 11 is 0. The van der Waals surface area contributed by atoms with Crippen molar-refractivity contribution in [1.29, 1.82) is 0 Å². The molecule has 0 aliphatic carbocycles. The van der Waals surface area contributed by atoms with Crippen molar-refractivity contribution in [2.75, 3.05) is 18.0 Å². The Hall–Kier alpha value is -1.94. The molecule has 0 aliphatic heterocycles. The average molecular weight is 287 g/mol. The lowest BCUT2D eigenvalue weighted by Gasteiger charge is -2.24. The summed E-state index contributed by atoms with van der Waals surface area (Å²) in [5.74, 6) is -0.207. The molecule has 0 aliphatic rings. The minimum Gasteiger partial charge on any atom is -0.339 e. The molecule has 1 heterocycles. The molecule has 0 atom stereocenters. The number of pyridine rings is 1. The number of rotatable bonds is 7. The zero-order valence-electron chi connectivity index (χ0n) is 12.6. The van der Waals surface area contributed by atoms with Crippen molar-refractivity contribution in [3.05, 3.63) is 54.1 Å². The summed E-state index contributed by atoms with van der Waals surface area (Å²) in [6.45, 7) is 6.55. The third kappa shape index (κ3) is 4.02. The minimum atomic E-state index is -0.207. The first-order valence-corrected chi connectivity index (χ1v) is 7.44. The number of hydrogen-bond acceptors (Lipinski definition) is 3. The molecule has 0 radical (unpaired) electrons. The summed E-state index contributed by atoms with van der Waals surface area (Å²) in [4.78, 5) is 6.32. The normalized spacial score (nSPS) is 10.6. The van der Waals surface area contributed by atoms with E-state index >= 15 is 0 Å². The molecule has 0 bridgehead atoms. The Morgan fingerprint density at radius 1 is 1.19 bits per heavy atom. The molecule has 2 aromatic rings. The Kier molecular flexibility index (Phi) is 5.69. The molecule has 0 unspecified atom stereocenters. The second kappa shape index (κ2) is 7.74. The Bertz CT molecular complexity index is 571. The van der Waals surface area contributed by atoms with Crippen molar-refractivity contribution < 1.29 is 4.39 Å². The molecule has 1 aromatic heterocycles. The molecule has 3 nitrogen and oxygen atoms in total. The van der Waals surface area contributed by atoms with Gasteiger partial charge in [-0.15, -0.1) is 0 Å². The van der Waals surface area contributed by atoms with E-state index in [4.69, 9.17) is 0 Å². The van der Waals surface area contributed by atoms with Gasteiger partial charge in [0.15, 0.2) is 0 Å². The van der Waals surface area contributed by atoms with Gasteiger partial charge in [-0.3, -0.25) is 4.98 Å². The summed E-state index contributed by atoms with van der Waals surface area (Å²) in [6, 6.07) is 10.8. The Balaban J connectivity index is 2.22. The smallest absolute Gasteiger partial charge is 0.146 e. The monoisotopic (exact) mass is 287 g/mol. The highest BCUT2D eigenvalue weighted by Crippen LogP contribution is 2.27. The van der Waals surface area contributed by atoms with Crippen LogP contribution in [-0.2, 0) is 6.54 Å². The molecule has 2 rings (SSSR count). The summed E-state index contributed by atoms with van der Waals surface area (Å²) in [5.41, 5.74) is 2.53. The first kappa shape index (κ1) is 15.4. The maximum atomic E-state index is 14.0. The average Bonchev–Trinajstić information content (AvgIpc) is 2.51. The van der Waals surface area contributed by atoms with Crippen LogP contribution in [-0.4, -0.2) is 18.1 Å². The van der Waals surface area contributed by atoms with Gasteiger partial charge in [0.1, 0.15) is 5.82 Å². The third-order valence-electron chi connectivity index (χ3n) is 3.30. The lowest BCUT2D eigenvalue weighted by atomic mass is 10.2. The number of halogens is 1. The number of anilines is 2. The van der Waals surface area contributed by atoms with Crippen LogP contribution in [0.15, 0.2) is 42.6 Å². The fourth-order valence-corrected chi connectivity index (χ4v) is 2.29. The zero-order chi connectivity index (χ0) is 15.1. The van der Waals surface area contributed by atoms with E-state index in [1.807, 2.05) is 30.0 Å². The number of aromatic nitrogens is 1. The lowest BCUT2D eigenvalue weighted by Crippen LogP contribution is -2.19. The van der Waals surface area contributed by atoms with Crippen LogP contribution in [0.1, 0.15) is 26.0 Å². The van der Waals surface area contributed by atoms with Gasteiger partial charge in [0, 0.05) is 25.0 Å². The topological polar surface area (TPSA) is 28.2 Å². The predicted octanol–water partition coefficient (Wildman–Crippen LogP) is 3.88. The molecule has 0 fully saturated rings. The fourth-order valence-electron chi connectivity index (χ4n) is 2.29. The van der Waals surface area contributed by atoms with E-state index in [0.29, 0.717) is 12.2 Å². The molecule has 0 amide bonds. The van der Waals surface area contributed by atoms with Crippen molar-refractivity contribution >= 4 is 11.4 Å². The van der Waals surface area contributed by atoms with E-state index in [1.54, 1.807) is 18.3 Å². The molecule has 1 N–H and O–H groups in total. The van der Waals surface area contributed by atoms with E-state index in [9.17, 15) is 4.39 Å². The predicted molar refractivity (Wildman–Crippen MR) is 85.3 cm³/mol. The van der Waals surface area contributed by atoms with Crippen molar-refractivity contribution in [3.63, 3.8) is 0 Å². The van der Waals surface area contributed by atoms with Gasteiger partial charge in [0.05, 0.1) is 11.4 Å². The molecule has 0 saturated carbocycles. The summed E-state index contributed by atoms with van der Waals surface area (Å²) in [7, 11) is 0. The van der Waals surface area contributed by atoms with Crippen molar-refractivity contribution in [1.82, 2.24) is 10.3 Å². The first-order valence-electron chi connectivity index (χ1n) is 7.44. The number of nitrogens with zero attached hydrogens (tertiary/aromatic N) is 2. The quantitative estimate of drug-likeness (QED) is 0.783. The van der Waals surface area contributed by atoms with Gasteiger partial charge in [-0.2, -0.15) is 0 Å². The highest BCUT2D eigenvalue weighted by atomic mass is 19.1. The zero-order valence-corrected chi connectivity index (χ0v) is 12.6. The van der Waals surface area contributed by atoms with Crippen LogP contribution < -0.4 is 10.2 Å². The number of benzene rings is 1. The van der Waals surface area contributed by atoms with Crippen LogP contribution >= 0.6 is 0 Å². The van der Waals surface area contributed by atoms with E-state index in [1.165, 1.54) is 6.07 Å². The molecule has 0 saturated heterocycles. The molecular formula is C17H22FN3. The summed E-state index contributed by atoms with van der Waals surface area (Å²) in [6.07, 6.45) is 2.87. The molecule has 21 heavy (non-hydrogen) atoms. The van der Waals surface area contributed by atoms with E-state index in [2.05, 4.69) is 17.2 Å². The number of nitrogens with one attached hydrogen (secondary N) is 1. The molecule has 112 valence electrons. The van der Waals surface area contributed by atoms with Crippen LogP contribution in [0.25, 0.3) is 0 Å². The van der Waals surface area contributed by atoms with Gasteiger partial charge in [0.25, 0.3) is 0 Å². The number of hydrogen-bond donors (Lipinski definition) is 1. The highest BCUT2D eigenvalue weighted by molar-refractivity contribution is 5.63. The lowest BCUT2D eigenvalue weighted by molar-refractivity contribution is 0.625.